The fourth-order valence-corrected chi connectivity index (χ4v) is 6.66. The molecule has 0 spiro atoms. The number of carbonyl (C=O) groups excluding carboxylic acids is 1. The summed E-state index contributed by atoms with van der Waals surface area (Å²) in [6.45, 7) is 5.42. The quantitative estimate of drug-likeness (QED) is 0.119. The normalized spacial score (nSPS) is 12.0. The lowest BCUT2D eigenvalue weighted by Crippen LogP contribution is -2.31. The van der Waals surface area contributed by atoms with Crippen LogP contribution in [0.4, 0.5) is 18.9 Å². The van der Waals surface area contributed by atoms with E-state index in [-0.39, 0.29) is 35.2 Å². The Balaban J connectivity index is 1.46. The van der Waals surface area contributed by atoms with Gasteiger partial charge in [-0.05, 0) is 78.1 Å². The van der Waals surface area contributed by atoms with Crippen molar-refractivity contribution < 1.29 is 35.5 Å². The summed E-state index contributed by atoms with van der Waals surface area (Å²) in [7, 11) is -4.48. The number of nitrogens with zero attached hydrogens (tertiary/aromatic N) is 1. The molecule has 0 unspecified atom stereocenters. The standard InChI is InChI=1S/C35H30F3NO6S/c1-22(2)30-19-31-26(17-33(40)45-32(31)15-23(30)3)21-44-34(41)25-11-7-14-29(16-25)46(42,43)39(20-24-9-5-4-6-10-24)28-13-8-12-27(18-28)35(36,37)38/h4-19,22H,20-21H2,1-3H3. The zero-order valence-corrected chi connectivity index (χ0v) is 26.0. The van der Waals surface area contributed by atoms with E-state index in [1.165, 1.54) is 30.3 Å². The predicted molar refractivity (Wildman–Crippen MR) is 168 cm³/mol. The van der Waals surface area contributed by atoms with Gasteiger partial charge < -0.3 is 9.15 Å². The van der Waals surface area contributed by atoms with Gasteiger partial charge in [0.2, 0.25) is 0 Å². The second-order valence-corrected chi connectivity index (χ2v) is 13.0. The molecule has 1 heterocycles. The van der Waals surface area contributed by atoms with Gasteiger partial charge in [-0.2, -0.15) is 13.2 Å². The SMILES string of the molecule is Cc1cc2oc(=O)cc(COC(=O)c3cccc(S(=O)(=O)N(Cc4ccccc4)c4cccc(C(F)(F)F)c4)c3)c2cc1C(C)C. The number of fused-ring (bicyclic) bond motifs is 1. The summed E-state index contributed by atoms with van der Waals surface area (Å²) in [5.74, 6) is -0.669. The molecule has 0 saturated carbocycles. The van der Waals surface area contributed by atoms with E-state index in [1.807, 2.05) is 26.8 Å². The molecule has 0 aliphatic heterocycles. The minimum Gasteiger partial charge on any atom is -0.457 e. The molecule has 4 aromatic carbocycles. The van der Waals surface area contributed by atoms with E-state index in [1.54, 1.807) is 36.4 Å². The number of halogens is 3. The third-order valence-electron chi connectivity index (χ3n) is 7.49. The molecule has 0 aliphatic carbocycles. The molecule has 5 aromatic rings. The van der Waals surface area contributed by atoms with E-state index in [9.17, 15) is 31.2 Å². The number of hydrogen-bond donors (Lipinski definition) is 0. The van der Waals surface area contributed by atoms with Crippen LogP contribution in [-0.2, 0) is 34.1 Å². The molecule has 5 rings (SSSR count). The fraction of sp³-hybridized carbons (Fsp3) is 0.200. The van der Waals surface area contributed by atoms with E-state index in [2.05, 4.69) is 0 Å². The highest BCUT2D eigenvalue weighted by Crippen LogP contribution is 2.34. The molecule has 0 fully saturated rings. The summed E-state index contributed by atoms with van der Waals surface area (Å²) in [5, 5.41) is 0.607. The maximum atomic E-state index is 14.0. The molecular weight excluding hydrogens is 619 g/mol. The Morgan fingerprint density at radius 2 is 1.63 bits per heavy atom. The van der Waals surface area contributed by atoms with Crippen LogP contribution < -0.4 is 9.93 Å². The molecule has 11 heteroatoms. The molecule has 238 valence electrons. The lowest BCUT2D eigenvalue weighted by atomic mass is 9.95. The van der Waals surface area contributed by atoms with Gasteiger partial charge in [0.05, 0.1) is 28.3 Å². The average Bonchev–Trinajstić information content (AvgIpc) is 3.02. The zero-order chi connectivity index (χ0) is 33.2. The number of benzene rings is 4. The van der Waals surface area contributed by atoms with Crippen LogP contribution in [0.25, 0.3) is 11.0 Å². The van der Waals surface area contributed by atoms with E-state index in [4.69, 9.17) is 9.15 Å². The van der Waals surface area contributed by atoms with Gasteiger partial charge in [-0.3, -0.25) is 4.31 Å². The van der Waals surface area contributed by atoms with Crippen molar-refractivity contribution in [3.63, 3.8) is 0 Å². The van der Waals surface area contributed by atoms with Crippen LogP contribution in [-0.4, -0.2) is 14.4 Å². The Labute approximate surface area is 263 Å². The predicted octanol–water partition coefficient (Wildman–Crippen LogP) is 8.00. The van der Waals surface area contributed by atoms with Crippen molar-refractivity contribution in [2.24, 2.45) is 0 Å². The first-order chi connectivity index (χ1) is 21.7. The minimum atomic E-state index is -4.69. The zero-order valence-electron chi connectivity index (χ0n) is 25.2. The second-order valence-electron chi connectivity index (χ2n) is 11.1. The molecule has 7 nitrogen and oxygen atoms in total. The number of aryl methyl sites for hydroxylation is 1. The summed E-state index contributed by atoms with van der Waals surface area (Å²) >= 11 is 0. The van der Waals surface area contributed by atoms with Gasteiger partial charge in [0, 0.05) is 17.0 Å². The Hall–Kier alpha value is -4.90. The number of carbonyl (C=O) groups is 1. The number of ether oxygens (including phenoxy) is 1. The molecule has 0 bridgehead atoms. The molecule has 46 heavy (non-hydrogen) atoms. The second kappa shape index (κ2) is 12.8. The molecule has 0 amide bonds. The minimum absolute atomic E-state index is 0.101. The summed E-state index contributed by atoms with van der Waals surface area (Å²) in [6, 6.07) is 22.4. The van der Waals surface area contributed by atoms with Crippen molar-refractivity contribution in [3.8, 4) is 0 Å². The number of sulfonamides is 1. The summed E-state index contributed by atoms with van der Waals surface area (Å²) in [6.07, 6.45) is -4.69. The van der Waals surface area contributed by atoms with Gasteiger partial charge in [-0.15, -0.1) is 0 Å². The third kappa shape index (κ3) is 6.99. The van der Waals surface area contributed by atoms with Crippen molar-refractivity contribution in [2.75, 3.05) is 4.31 Å². The Kier molecular flexibility index (Phi) is 9.07. The number of hydrogen-bond acceptors (Lipinski definition) is 6. The van der Waals surface area contributed by atoms with Crippen LogP contribution in [0.2, 0.25) is 0 Å². The first-order valence-electron chi connectivity index (χ1n) is 14.3. The lowest BCUT2D eigenvalue weighted by Gasteiger charge is -2.25. The van der Waals surface area contributed by atoms with E-state index in [0.717, 1.165) is 39.7 Å². The number of anilines is 1. The van der Waals surface area contributed by atoms with Crippen molar-refractivity contribution in [2.45, 2.75) is 50.9 Å². The fourth-order valence-electron chi connectivity index (χ4n) is 5.17. The smallest absolute Gasteiger partial charge is 0.416 e. The maximum Gasteiger partial charge on any atom is 0.416 e. The van der Waals surface area contributed by atoms with Crippen molar-refractivity contribution in [1.82, 2.24) is 0 Å². The van der Waals surface area contributed by atoms with Crippen molar-refractivity contribution in [1.29, 1.82) is 0 Å². The average molecular weight is 650 g/mol. The van der Waals surface area contributed by atoms with Gasteiger partial charge in [0.15, 0.2) is 0 Å². The molecule has 0 saturated heterocycles. The van der Waals surface area contributed by atoms with Crippen molar-refractivity contribution in [3.05, 3.63) is 141 Å². The Morgan fingerprint density at radius 3 is 2.33 bits per heavy atom. The molecule has 0 N–H and O–H groups in total. The largest absolute Gasteiger partial charge is 0.457 e. The van der Waals surface area contributed by atoms with Crippen molar-refractivity contribution >= 4 is 32.6 Å². The highest BCUT2D eigenvalue weighted by Gasteiger charge is 2.33. The molecule has 0 radical (unpaired) electrons. The third-order valence-corrected chi connectivity index (χ3v) is 9.26. The van der Waals surface area contributed by atoms with E-state index >= 15 is 0 Å². The maximum absolute atomic E-state index is 14.0. The van der Waals surface area contributed by atoms with E-state index in [0.29, 0.717) is 22.1 Å². The van der Waals surface area contributed by atoms with Gasteiger partial charge in [0.1, 0.15) is 12.2 Å². The number of rotatable bonds is 9. The van der Waals surface area contributed by atoms with Gasteiger partial charge in [-0.1, -0.05) is 56.3 Å². The molecule has 0 aliphatic rings. The first-order valence-corrected chi connectivity index (χ1v) is 15.8. The number of esters is 1. The van der Waals surface area contributed by atoms with Gasteiger partial charge in [-0.25, -0.2) is 18.0 Å². The summed E-state index contributed by atoms with van der Waals surface area (Å²) < 4.78 is 80.4. The van der Waals surface area contributed by atoms with Gasteiger partial charge in [0.25, 0.3) is 10.0 Å². The Morgan fingerprint density at radius 1 is 0.913 bits per heavy atom. The van der Waals surface area contributed by atoms with Crippen LogP contribution in [0, 0.1) is 6.92 Å². The molecule has 0 atom stereocenters. The monoisotopic (exact) mass is 649 g/mol. The summed E-state index contributed by atoms with van der Waals surface area (Å²) in [5.41, 5.74) is 1.37. The van der Waals surface area contributed by atoms with Gasteiger partial charge >= 0.3 is 17.8 Å². The molecule has 1 aromatic heterocycles. The highest BCUT2D eigenvalue weighted by molar-refractivity contribution is 7.92. The van der Waals surface area contributed by atoms with Crippen LogP contribution >= 0.6 is 0 Å². The topological polar surface area (TPSA) is 93.9 Å². The van der Waals surface area contributed by atoms with Crippen LogP contribution in [0.5, 0.6) is 0 Å². The summed E-state index contributed by atoms with van der Waals surface area (Å²) in [4.78, 5) is 25.1. The highest BCUT2D eigenvalue weighted by atomic mass is 32.2. The van der Waals surface area contributed by atoms with E-state index < -0.39 is 33.4 Å². The molecular formula is C35H30F3NO6S. The van der Waals surface area contributed by atoms with Crippen LogP contribution in [0.15, 0.2) is 111 Å². The number of alkyl halides is 3. The lowest BCUT2D eigenvalue weighted by molar-refractivity contribution is -0.137. The Bertz CT molecular complexity index is 2070. The van der Waals surface area contributed by atoms with Crippen LogP contribution in [0.3, 0.4) is 0 Å². The van der Waals surface area contributed by atoms with Crippen LogP contribution in [0.1, 0.15) is 57.9 Å². The first kappa shape index (κ1) is 32.5.